The molecule has 4 fully saturated rings. The Balaban J connectivity index is 0.000000151. The van der Waals surface area contributed by atoms with Crippen LogP contribution in [0.25, 0.3) is 92.6 Å². The van der Waals surface area contributed by atoms with E-state index in [9.17, 15) is 57.2 Å². The molecule has 0 saturated carbocycles. The van der Waals surface area contributed by atoms with E-state index in [0.717, 1.165) is 86.0 Å². The van der Waals surface area contributed by atoms with Gasteiger partial charge >= 0.3 is 0 Å². The van der Waals surface area contributed by atoms with Crippen LogP contribution in [0.1, 0.15) is 113 Å². The number of hydrogen-bond acceptors (Lipinski definition) is 21. The number of nitrogens with two attached hydrogens (primary N) is 4. The molecule has 38 heteroatoms. The number of morpholine rings is 1. The molecule has 0 bridgehead atoms. The SMILES string of the molecule is Cc1cc(C)cc(-c2ncn(/C=C(/C(N)=O)c3ccc(S(=O)(=O)N4CCC(C)(F)CC4)cc3)n2)c1.Cc1cc(C)cc(-c2ncn(/C=C(/C(N)=O)c3ccc(S(=O)(=O)N4CCC(C)CC4)cc3)n2)c1.Cc1cc(C)cc(-c2ncn(/C=C(/C(N)=O)c3ccc(S(=O)(=O)N4CCC4)cc3)n2)c1.Cc1cc(C)cc(-c2ncn(/C=C(/C(N)=O)c3ccc(S(=O)(=O)N4CCOCC4)cc3)n2)c1. The fourth-order valence-electron chi connectivity index (χ4n) is 15.5. The third-order valence-electron chi connectivity index (χ3n) is 22.6. The summed E-state index contributed by atoms with van der Waals surface area (Å²) in [6, 6.07) is 48.4. The second kappa shape index (κ2) is 41.2. The minimum absolute atomic E-state index is 0.0744. The maximum absolute atomic E-state index is 14.1. The number of aromatic nitrogens is 12. The van der Waals surface area contributed by atoms with Gasteiger partial charge in [0.05, 0.1) is 55.1 Å². The Kier molecular flexibility index (Phi) is 30.1. The number of carbonyl (C=O) groups is 4. The zero-order chi connectivity index (χ0) is 95.6. The molecular weight excluding hydrogens is 1780 g/mol. The molecule has 0 atom stereocenters. The van der Waals surface area contributed by atoms with E-state index in [2.05, 4.69) is 71.5 Å². The first-order valence-electron chi connectivity index (χ1n) is 42.8. The lowest BCUT2D eigenvalue weighted by Crippen LogP contribution is -2.43. The monoisotopic (exact) mass is 1880 g/mol. The molecule has 0 unspecified atom stereocenters. The molecule has 0 spiro atoms. The van der Waals surface area contributed by atoms with Crippen molar-refractivity contribution in [2.75, 3.05) is 65.6 Å². The quantitative estimate of drug-likeness (QED) is 0.0408. The van der Waals surface area contributed by atoms with E-state index >= 15 is 0 Å². The summed E-state index contributed by atoms with van der Waals surface area (Å²) >= 11 is 0. The van der Waals surface area contributed by atoms with Crippen molar-refractivity contribution in [2.45, 2.75) is 127 Å². The van der Waals surface area contributed by atoms with Crippen LogP contribution in [0.5, 0.6) is 0 Å². The van der Waals surface area contributed by atoms with Crippen molar-refractivity contribution < 1.29 is 62.0 Å². The number of halogens is 1. The number of amides is 4. The van der Waals surface area contributed by atoms with E-state index in [0.29, 0.717) is 104 Å². The van der Waals surface area contributed by atoms with Crippen molar-refractivity contribution in [3.63, 3.8) is 0 Å². The Labute approximate surface area is 772 Å². The lowest BCUT2D eigenvalue weighted by atomic mass is 9.97. The maximum atomic E-state index is 14.1. The number of sulfonamides is 4. The molecule has 133 heavy (non-hydrogen) atoms. The van der Waals surface area contributed by atoms with Crippen molar-refractivity contribution in [2.24, 2.45) is 28.9 Å². The lowest BCUT2D eigenvalue weighted by molar-refractivity contribution is -0.113. The van der Waals surface area contributed by atoms with Crippen LogP contribution >= 0.6 is 0 Å². The van der Waals surface area contributed by atoms with Gasteiger partial charge < -0.3 is 27.7 Å². The zero-order valence-electron chi connectivity index (χ0n) is 75.3. The van der Waals surface area contributed by atoms with E-state index in [1.54, 1.807) is 36.4 Å². The third-order valence-corrected chi connectivity index (χ3v) is 30.2. The van der Waals surface area contributed by atoms with Gasteiger partial charge in [-0.05, 0) is 220 Å². The number of primary amides is 4. The summed E-state index contributed by atoms with van der Waals surface area (Å²) in [5, 5.41) is 17.7. The number of piperidine rings is 2. The van der Waals surface area contributed by atoms with E-state index in [1.807, 2.05) is 104 Å². The van der Waals surface area contributed by atoms with Crippen LogP contribution in [0.2, 0.25) is 0 Å². The van der Waals surface area contributed by atoms with Crippen molar-refractivity contribution in [1.29, 1.82) is 0 Å². The summed E-state index contributed by atoms with van der Waals surface area (Å²) in [6.07, 6.45) is 14.8. The Bertz CT molecular complexity index is 6880. The van der Waals surface area contributed by atoms with Crippen molar-refractivity contribution in [1.82, 2.24) is 76.3 Å². The molecule has 4 aliphatic rings. The van der Waals surface area contributed by atoms with Crippen LogP contribution in [0.15, 0.2) is 215 Å². The van der Waals surface area contributed by atoms with E-state index < -0.39 is 69.4 Å². The Hall–Kier alpha value is -13.3. The maximum Gasteiger partial charge on any atom is 0.250 e. The van der Waals surface area contributed by atoms with E-state index in [-0.39, 0.29) is 67.8 Å². The smallest absolute Gasteiger partial charge is 0.250 e. The molecule has 12 aromatic rings. The predicted molar refractivity (Wildman–Crippen MR) is 507 cm³/mol. The molecule has 8 aromatic carbocycles. The average molecular weight is 1880 g/mol. The number of nitrogens with zero attached hydrogens (tertiary/aromatic N) is 16. The molecule has 4 aromatic heterocycles. The Morgan fingerprint density at radius 2 is 0.564 bits per heavy atom. The lowest BCUT2D eigenvalue weighted by Gasteiger charge is -2.33. The molecule has 4 aliphatic heterocycles. The average Bonchev–Trinajstić information content (AvgIpc) is 1.65. The molecule has 694 valence electrons. The molecule has 8 N–H and O–H groups in total. The minimum atomic E-state index is -3.76. The summed E-state index contributed by atoms with van der Waals surface area (Å²) in [5.74, 6) is -0.0372. The Morgan fingerprint density at radius 1 is 0.346 bits per heavy atom. The summed E-state index contributed by atoms with van der Waals surface area (Å²) in [6.45, 7) is 23.4. The number of rotatable bonds is 24. The van der Waals surface area contributed by atoms with Crippen molar-refractivity contribution >= 4 is 111 Å². The fourth-order valence-corrected chi connectivity index (χ4v) is 21.3. The highest BCUT2D eigenvalue weighted by Gasteiger charge is 2.37. The van der Waals surface area contributed by atoms with Crippen molar-refractivity contribution in [3.8, 4) is 45.6 Å². The first-order valence-corrected chi connectivity index (χ1v) is 48.6. The molecule has 33 nitrogen and oxygen atoms in total. The molecule has 0 radical (unpaired) electrons. The van der Waals surface area contributed by atoms with E-state index in [1.165, 1.54) is 154 Å². The zero-order valence-corrected chi connectivity index (χ0v) is 78.5. The fraction of sp³-hybridized carbons (Fsp3) is 0.284. The van der Waals surface area contributed by atoms with Gasteiger partial charge in [-0.1, -0.05) is 124 Å². The van der Waals surface area contributed by atoms with Crippen LogP contribution in [-0.2, 0) is 64.0 Å². The van der Waals surface area contributed by atoms with Gasteiger partial charge in [-0.3, -0.25) is 19.2 Å². The summed E-state index contributed by atoms with van der Waals surface area (Å²) in [4.78, 5) is 66.6. The number of carbonyl (C=O) groups excluding carboxylic acids is 4. The molecule has 4 saturated heterocycles. The molecular formula is C95H105FN20O13S4. The highest BCUT2D eigenvalue weighted by Crippen LogP contribution is 2.34. The second-order valence-corrected chi connectivity index (χ2v) is 41.4. The molecule has 8 heterocycles. The predicted octanol–water partition coefficient (Wildman–Crippen LogP) is 11.5. The topological polar surface area (TPSA) is 454 Å². The van der Waals surface area contributed by atoms with Crippen molar-refractivity contribution in [3.05, 3.63) is 262 Å². The summed E-state index contributed by atoms with van der Waals surface area (Å²) in [7, 11) is -14.5. The van der Waals surface area contributed by atoms with Crippen LogP contribution in [0.4, 0.5) is 4.39 Å². The molecule has 4 amide bonds. The van der Waals surface area contributed by atoms with Gasteiger partial charge in [0.25, 0.3) is 23.6 Å². The summed E-state index contributed by atoms with van der Waals surface area (Å²) in [5.41, 5.74) is 36.0. The van der Waals surface area contributed by atoms with Crippen LogP contribution in [0, 0.1) is 61.3 Å². The summed E-state index contributed by atoms with van der Waals surface area (Å²) < 4.78 is 133. The van der Waals surface area contributed by atoms with Gasteiger partial charge in [-0.15, -0.1) is 20.4 Å². The largest absolute Gasteiger partial charge is 0.379 e. The number of alkyl halides is 1. The highest BCUT2D eigenvalue weighted by molar-refractivity contribution is 7.90. The standard InChI is InChI=1S/C25H28FN5O3S.C25H29N5O3S.C23H25N5O4S.C22H23N5O3S/c1-17-12-18(2)14-20(13-17)24-28-16-30(29-24)15-22(23(27)32)19-4-6-21(7-5-19)35(33,34)31-10-8-25(3,26)9-11-31;1-17-8-10-30(11-9-17)34(32,33)22-6-4-20(5-7-22)23(24(26)31)15-29-16-27-25(28-29)21-13-18(2)12-19(3)14-21;1-16-11-17(2)13-19(12-16)23-25-15-27(26-23)14-21(22(24)29)18-3-5-20(6-4-18)33(30,31)28-7-9-32-10-8-28;1-15-10-16(2)12-18(11-15)22-24-14-26(25-22)13-20(21(23)28)17-4-6-19(7-5-17)31(29,30)27-8-3-9-27/h4-7,12-16H,8-11H2,1-3H3,(H2,27,32);4-7,12-17H,8-11H2,1-3H3,(H2,26,31);3-6,11-15H,7-10H2,1-2H3,(H2,24,29);4-7,10-14H,3,8-9H2,1-2H3,(H2,23,28)/b22-15+;23-15+;21-14+;20-13+. The van der Waals surface area contributed by atoms with Gasteiger partial charge in [0.1, 0.15) is 31.0 Å². The highest BCUT2D eigenvalue weighted by atomic mass is 32.2. The normalized spacial score (nSPS) is 15.9. The van der Waals surface area contributed by atoms with Crippen LogP contribution < -0.4 is 22.9 Å². The van der Waals surface area contributed by atoms with E-state index in [4.69, 9.17) is 27.7 Å². The third kappa shape index (κ3) is 24.2. The first kappa shape index (κ1) is 97.2. The van der Waals surface area contributed by atoms with Gasteiger partial charge in [0.2, 0.25) is 40.1 Å². The molecule has 0 aliphatic carbocycles. The first-order chi connectivity index (χ1) is 63.0. The number of hydrogen-bond donors (Lipinski definition) is 4. The van der Waals surface area contributed by atoms with Gasteiger partial charge in [0.15, 0.2) is 23.3 Å². The van der Waals surface area contributed by atoms with Gasteiger partial charge in [-0.25, -0.2) is 76.7 Å². The number of aryl methyl sites for hydroxylation is 8. The molecule has 16 rings (SSSR count). The number of ether oxygens (including phenoxy) is 1. The van der Waals surface area contributed by atoms with Gasteiger partial charge in [-0.2, -0.15) is 17.2 Å². The van der Waals surface area contributed by atoms with Crippen LogP contribution in [0.3, 0.4) is 0 Å². The second-order valence-electron chi connectivity index (χ2n) is 33.6. The van der Waals surface area contributed by atoms with Gasteiger partial charge in [0, 0.05) is 99.4 Å². The number of benzene rings is 8. The minimum Gasteiger partial charge on any atom is -0.379 e. The van der Waals surface area contributed by atoms with Crippen LogP contribution in [-0.4, -0.2) is 205 Å². The Morgan fingerprint density at radius 3 is 0.782 bits per heavy atom.